The van der Waals surface area contributed by atoms with Gasteiger partial charge in [0.15, 0.2) is 0 Å². The molecule has 0 radical (unpaired) electrons. The zero-order chi connectivity index (χ0) is 17.1. The van der Waals surface area contributed by atoms with Crippen LogP contribution in [0.2, 0.25) is 0 Å². The van der Waals surface area contributed by atoms with Gasteiger partial charge in [-0.2, -0.15) is 9.66 Å². The molecule has 24 heavy (non-hydrogen) atoms. The maximum absolute atomic E-state index is 9.70. The van der Waals surface area contributed by atoms with Crippen LogP contribution in [0.3, 0.4) is 0 Å². The summed E-state index contributed by atoms with van der Waals surface area (Å²) in [5, 5.41) is 13.2. The molecule has 0 saturated heterocycles. The molecule has 5 nitrogen and oxygen atoms in total. The van der Waals surface area contributed by atoms with Crippen molar-refractivity contribution < 1.29 is 4.40 Å². The second kappa shape index (κ2) is 6.90. The summed E-state index contributed by atoms with van der Waals surface area (Å²) >= 11 is 0. The number of pyridine rings is 1. The molecule has 1 aromatic carbocycles. The molecule has 0 aliphatic heterocycles. The van der Waals surface area contributed by atoms with E-state index in [9.17, 15) is 5.26 Å². The van der Waals surface area contributed by atoms with E-state index in [2.05, 4.69) is 58.8 Å². The van der Waals surface area contributed by atoms with Gasteiger partial charge in [-0.25, -0.2) is 0 Å². The van der Waals surface area contributed by atoms with E-state index in [0.717, 1.165) is 59.6 Å². The highest BCUT2D eigenvalue weighted by molar-refractivity contribution is 5.77. The van der Waals surface area contributed by atoms with Crippen molar-refractivity contribution in [1.82, 2.24) is 9.88 Å². The van der Waals surface area contributed by atoms with Gasteiger partial charge in [-0.15, -0.1) is 0 Å². The number of hydrogen-bond acceptors (Lipinski definition) is 3. The fraction of sp³-hybridized carbons (Fsp3) is 0.368. The summed E-state index contributed by atoms with van der Waals surface area (Å²) < 4.78 is 2.13. The van der Waals surface area contributed by atoms with E-state index in [0.29, 0.717) is 0 Å². The average molecular weight is 322 g/mol. The molecule has 0 aliphatic rings. The summed E-state index contributed by atoms with van der Waals surface area (Å²) in [6.45, 7) is 3.95. The molecule has 3 aromatic rings. The Morgan fingerprint density at radius 2 is 2.08 bits per heavy atom. The van der Waals surface area contributed by atoms with Gasteiger partial charge in [-0.1, -0.05) is 25.5 Å². The average Bonchev–Trinajstić information content (AvgIpc) is 2.94. The molecule has 0 amide bonds. The molecule has 0 atom stereocenters. The molecule has 0 aliphatic carbocycles. The predicted octanol–water partition coefficient (Wildman–Crippen LogP) is 2.70. The number of hydrogen-bond donors (Lipinski definition) is 2. The van der Waals surface area contributed by atoms with E-state index >= 15 is 0 Å². The number of nitrogens with one attached hydrogen (secondary N) is 2. The second-order valence-electron chi connectivity index (χ2n) is 6.35. The lowest BCUT2D eigenvalue weighted by Gasteiger charge is -2.11. The number of para-hydroxylation sites is 2. The molecule has 3 rings (SSSR count). The molecule has 124 valence electrons. The molecule has 0 spiro atoms. The Hall–Kier alpha value is -2.58. The van der Waals surface area contributed by atoms with E-state index in [1.807, 2.05) is 18.2 Å². The zero-order valence-corrected chi connectivity index (χ0v) is 14.6. The van der Waals surface area contributed by atoms with E-state index in [-0.39, 0.29) is 0 Å². The highest BCUT2D eigenvalue weighted by atomic mass is 15.1. The van der Waals surface area contributed by atoms with Gasteiger partial charge in [0.1, 0.15) is 22.7 Å². The van der Waals surface area contributed by atoms with Gasteiger partial charge in [-0.3, -0.25) is 4.98 Å². The molecule has 0 saturated carbocycles. The Morgan fingerprint density at radius 3 is 2.79 bits per heavy atom. The maximum atomic E-state index is 9.70. The number of likely N-dealkylation sites (N-methyl/N-ethyl adjacent to an activating group) is 1. The van der Waals surface area contributed by atoms with Gasteiger partial charge in [0.25, 0.3) is 0 Å². The van der Waals surface area contributed by atoms with E-state index in [4.69, 9.17) is 0 Å². The van der Waals surface area contributed by atoms with Gasteiger partial charge in [0, 0.05) is 12.6 Å². The first kappa shape index (κ1) is 16.3. The van der Waals surface area contributed by atoms with Crippen molar-refractivity contribution in [3.8, 4) is 6.07 Å². The molecule has 2 heterocycles. The van der Waals surface area contributed by atoms with Crippen molar-refractivity contribution in [2.75, 3.05) is 32.5 Å². The molecule has 0 fully saturated rings. The molecular weight excluding hydrogens is 298 g/mol. The lowest BCUT2D eigenvalue weighted by molar-refractivity contribution is -0.465. The summed E-state index contributed by atoms with van der Waals surface area (Å²) in [6, 6.07) is 12.7. The molecule has 2 aromatic heterocycles. The highest BCUT2D eigenvalue weighted by Crippen LogP contribution is 2.21. The lowest BCUT2D eigenvalue weighted by Crippen LogP contribution is -2.30. The normalized spacial score (nSPS) is 11.3. The Kier molecular flexibility index (Phi) is 4.68. The molecular formula is C19H24N5+. The van der Waals surface area contributed by atoms with Crippen LogP contribution in [0.25, 0.3) is 16.7 Å². The molecule has 0 bridgehead atoms. The zero-order valence-electron chi connectivity index (χ0n) is 14.6. The Balaban J connectivity index is 2.21. The van der Waals surface area contributed by atoms with Crippen LogP contribution in [0.4, 0.5) is 5.82 Å². The van der Waals surface area contributed by atoms with Crippen molar-refractivity contribution in [3.63, 3.8) is 0 Å². The van der Waals surface area contributed by atoms with Crippen LogP contribution >= 0.6 is 0 Å². The minimum absolute atomic E-state index is 0.742. The van der Waals surface area contributed by atoms with Crippen molar-refractivity contribution >= 4 is 22.5 Å². The minimum Gasteiger partial charge on any atom is -0.306 e. The van der Waals surface area contributed by atoms with Crippen LogP contribution in [-0.2, 0) is 6.42 Å². The number of imidazole rings is 1. The molecule has 2 N–H and O–H groups in total. The van der Waals surface area contributed by atoms with Crippen LogP contribution in [0.1, 0.15) is 24.5 Å². The van der Waals surface area contributed by atoms with Gasteiger partial charge in [-0.05, 0) is 38.2 Å². The smallest absolute Gasteiger partial charge is 0.250 e. The van der Waals surface area contributed by atoms with Crippen molar-refractivity contribution in [1.29, 1.82) is 5.26 Å². The number of aryl methyl sites for hydroxylation is 1. The monoisotopic (exact) mass is 322 g/mol. The van der Waals surface area contributed by atoms with Crippen molar-refractivity contribution in [3.05, 3.63) is 41.5 Å². The first-order chi connectivity index (χ1) is 11.7. The third-order valence-corrected chi connectivity index (χ3v) is 4.23. The fourth-order valence-electron chi connectivity index (χ4n) is 3.09. The number of fused-ring (bicyclic) bond motifs is 3. The Bertz CT molecular complexity index is 901. The summed E-state index contributed by atoms with van der Waals surface area (Å²) in [6.07, 6.45) is 1.92. The summed E-state index contributed by atoms with van der Waals surface area (Å²) in [5.74, 6) is 1.03. The number of aromatic nitrogens is 2. The number of anilines is 1. The van der Waals surface area contributed by atoms with Crippen molar-refractivity contribution in [2.45, 2.75) is 19.8 Å². The van der Waals surface area contributed by atoms with Gasteiger partial charge >= 0.3 is 0 Å². The third kappa shape index (κ3) is 2.93. The topological polar surface area (TPSA) is 58.9 Å². The number of H-pyrrole nitrogens is 1. The van der Waals surface area contributed by atoms with Crippen LogP contribution in [0.15, 0.2) is 30.3 Å². The number of benzene rings is 1. The minimum atomic E-state index is 0.742. The van der Waals surface area contributed by atoms with Crippen LogP contribution in [0.5, 0.6) is 0 Å². The number of nitriles is 1. The first-order valence-electron chi connectivity index (χ1n) is 8.42. The Labute approximate surface area is 142 Å². The van der Waals surface area contributed by atoms with E-state index < -0.39 is 0 Å². The summed E-state index contributed by atoms with van der Waals surface area (Å²) in [7, 11) is 4.13. The van der Waals surface area contributed by atoms with Crippen LogP contribution in [0, 0.1) is 11.3 Å². The van der Waals surface area contributed by atoms with Crippen LogP contribution < -0.4 is 9.72 Å². The molecule has 0 unspecified atom stereocenters. The number of aromatic amines is 1. The standard InChI is InChI=1S/C19H23N5/c1-4-7-14-12-18(21-10-11-23(2)3)24-17-9-6-5-8-16(17)22-19(24)15(14)13-20/h5-6,8-9,12H,4,7,10-11H2,1-3H3,(H,21,22)/p+1. The van der Waals surface area contributed by atoms with Gasteiger partial charge in [0.05, 0.1) is 6.54 Å². The first-order valence-corrected chi connectivity index (χ1v) is 8.42. The lowest BCUT2D eigenvalue weighted by atomic mass is 10.1. The fourth-order valence-corrected chi connectivity index (χ4v) is 3.09. The largest absolute Gasteiger partial charge is 0.306 e. The van der Waals surface area contributed by atoms with Crippen LogP contribution in [-0.4, -0.2) is 37.1 Å². The number of nitrogens with zero attached hydrogens (tertiary/aromatic N) is 3. The maximum Gasteiger partial charge on any atom is 0.250 e. The second-order valence-corrected chi connectivity index (χ2v) is 6.35. The SMILES string of the molecule is CCCc1cc(NCCN(C)C)[n+]2c([nH]c3ccccc32)c1C#N. The quantitative estimate of drug-likeness (QED) is 0.686. The van der Waals surface area contributed by atoms with Gasteiger partial charge < -0.3 is 10.2 Å². The third-order valence-electron chi connectivity index (χ3n) is 4.23. The summed E-state index contributed by atoms with van der Waals surface area (Å²) in [5.41, 5.74) is 4.83. The number of rotatable bonds is 6. The van der Waals surface area contributed by atoms with E-state index in [1.165, 1.54) is 0 Å². The molecule has 5 heteroatoms. The van der Waals surface area contributed by atoms with E-state index in [1.54, 1.807) is 0 Å². The predicted molar refractivity (Wildman–Crippen MR) is 97.2 cm³/mol. The highest BCUT2D eigenvalue weighted by Gasteiger charge is 2.21. The Morgan fingerprint density at radius 1 is 1.29 bits per heavy atom. The summed E-state index contributed by atoms with van der Waals surface area (Å²) in [4.78, 5) is 5.58. The van der Waals surface area contributed by atoms with Crippen molar-refractivity contribution in [2.24, 2.45) is 0 Å². The van der Waals surface area contributed by atoms with Gasteiger partial charge in [0.2, 0.25) is 11.5 Å².